The van der Waals surface area contributed by atoms with Crippen LogP contribution in [0.3, 0.4) is 0 Å². The molecule has 3 rings (SSSR count). The van der Waals surface area contributed by atoms with Crippen LogP contribution in [-0.2, 0) is 9.53 Å². The van der Waals surface area contributed by atoms with Gasteiger partial charge in [0, 0.05) is 12.1 Å². The van der Waals surface area contributed by atoms with Crippen LogP contribution < -0.4 is 10.1 Å². The Balaban J connectivity index is 1.65. The second-order valence-corrected chi connectivity index (χ2v) is 5.33. The first-order valence-electron chi connectivity index (χ1n) is 6.62. The molecule has 0 bridgehead atoms. The predicted octanol–water partition coefficient (Wildman–Crippen LogP) is 0.587. The van der Waals surface area contributed by atoms with E-state index in [-0.39, 0.29) is 24.5 Å². The largest absolute Gasteiger partial charge is 0.488 e. The maximum Gasteiger partial charge on any atom is 0.250 e. The number of para-hydroxylation sites is 1. The second-order valence-electron chi connectivity index (χ2n) is 5.33. The number of amides is 1. The summed E-state index contributed by atoms with van der Waals surface area (Å²) in [5, 5.41) is 12.2. The molecule has 0 aliphatic carbocycles. The van der Waals surface area contributed by atoms with Crippen LogP contribution in [0.25, 0.3) is 6.08 Å². The average molecular weight is 275 g/mol. The van der Waals surface area contributed by atoms with E-state index in [0.717, 1.165) is 11.3 Å². The highest BCUT2D eigenvalue weighted by Gasteiger charge is 2.38. The number of hydrogen-bond donors (Lipinski definition) is 2. The summed E-state index contributed by atoms with van der Waals surface area (Å²) in [7, 11) is 0. The first kappa shape index (κ1) is 13.1. The van der Waals surface area contributed by atoms with Crippen LogP contribution in [0, 0.1) is 5.41 Å². The Morgan fingerprint density at radius 1 is 1.35 bits per heavy atom. The minimum Gasteiger partial charge on any atom is -0.488 e. The van der Waals surface area contributed by atoms with Crippen molar-refractivity contribution in [1.82, 2.24) is 5.32 Å². The lowest BCUT2D eigenvalue weighted by molar-refractivity contribution is -0.139. The number of aliphatic hydroxyl groups excluding tert-OH is 1. The number of carbonyl (C=O) groups is 1. The molecule has 1 aromatic carbocycles. The van der Waals surface area contributed by atoms with Crippen LogP contribution in [0.2, 0.25) is 0 Å². The SMILES string of the molecule is O=C(NCC1(CO)COC1)C1=Cc2ccccc2OC1. The Morgan fingerprint density at radius 2 is 2.15 bits per heavy atom. The lowest BCUT2D eigenvalue weighted by Crippen LogP contribution is -2.53. The van der Waals surface area contributed by atoms with Gasteiger partial charge in [-0.3, -0.25) is 4.79 Å². The molecule has 0 radical (unpaired) electrons. The molecular formula is C15H17NO4. The second kappa shape index (κ2) is 5.26. The van der Waals surface area contributed by atoms with E-state index in [4.69, 9.17) is 9.47 Å². The third kappa shape index (κ3) is 2.42. The summed E-state index contributed by atoms with van der Waals surface area (Å²) in [6.45, 7) is 1.68. The van der Waals surface area contributed by atoms with Crippen LogP contribution in [0.1, 0.15) is 5.56 Å². The fourth-order valence-corrected chi connectivity index (χ4v) is 2.27. The van der Waals surface area contributed by atoms with Crippen molar-refractivity contribution < 1.29 is 19.4 Å². The van der Waals surface area contributed by atoms with Gasteiger partial charge in [-0.05, 0) is 12.1 Å². The molecule has 5 nitrogen and oxygen atoms in total. The highest BCUT2D eigenvalue weighted by atomic mass is 16.5. The van der Waals surface area contributed by atoms with Gasteiger partial charge in [-0.25, -0.2) is 0 Å². The van der Waals surface area contributed by atoms with Crippen molar-refractivity contribution in [2.24, 2.45) is 5.41 Å². The van der Waals surface area contributed by atoms with E-state index in [9.17, 15) is 9.90 Å². The Morgan fingerprint density at radius 3 is 2.85 bits per heavy atom. The van der Waals surface area contributed by atoms with Crippen molar-refractivity contribution in [3.05, 3.63) is 35.4 Å². The van der Waals surface area contributed by atoms with Gasteiger partial charge >= 0.3 is 0 Å². The summed E-state index contributed by atoms with van der Waals surface area (Å²) < 4.78 is 10.7. The number of hydrogen-bond acceptors (Lipinski definition) is 4. The lowest BCUT2D eigenvalue weighted by atomic mass is 9.87. The summed E-state index contributed by atoms with van der Waals surface area (Å²) in [6.07, 6.45) is 1.84. The van der Waals surface area contributed by atoms with E-state index in [1.165, 1.54) is 0 Å². The predicted molar refractivity (Wildman–Crippen MR) is 73.3 cm³/mol. The molecule has 106 valence electrons. The Kier molecular flexibility index (Phi) is 3.46. The Hall–Kier alpha value is -1.85. The topological polar surface area (TPSA) is 67.8 Å². The first-order chi connectivity index (χ1) is 9.72. The highest BCUT2D eigenvalue weighted by Crippen LogP contribution is 2.27. The van der Waals surface area contributed by atoms with Crippen molar-refractivity contribution in [3.8, 4) is 5.75 Å². The van der Waals surface area contributed by atoms with Crippen LogP contribution in [0.5, 0.6) is 5.75 Å². The maximum absolute atomic E-state index is 12.1. The summed E-state index contributed by atoms with van der Waals surface area (Å²) in [5.41, 5.74) is 1.19. The summed E-state index contributed by atoms with van der Waals surface area (Å²) in [6, 6.07) is 7.61. The quantitative estimate of drug-likeness (QED) is 0.844. The number of nitrogens with one attached hydrogen (secondary N) is 1. The van der Waals surface area contributed by atoms with Gasteiger partial charge in [0.15, 0.2) is 0 Å². The molecular weight excluding hydrogens is 258 g/mol. The monoisotopic (exact) mass is 275 g/mol. The van der Waals surface area contributed by atoms with E-state index in [1.54, 1.807) is 0 Å². The van der Waals surface area contributed by atoms with Gasteiger partial charge in [-0.1, -0.05) is 18.2 Å². The van der Waals surface area contributed by atoms with Crippen molar-refractivity contribution in [2.45, 2.75) is 0 Å². The number of benzene rings is 1. The first-order valence-corrected chi connectivity index (χ1v) is 6.62. The van der Waals surface area contributed by atoms with Crippen molar-refractivity contribution in [2.75, 3.05) is 33.0 Å². The minimum absolute atomic E-state index is 0.0195. The molecule has 1 saturated heterocycles. The summed E-state index contributed by atoms with van der Waals surface area (Å²) in [5.74, 6) is 0.641. The molecule has 2 N–H and O–H groups in total. The zero-order chi connectivity index (χ0) is 14.0. The molecule has 0 saturated carbocycles. The molecule has 5 heteroatoms. The van der Waals surface area contributed by atoms with E-state index < -0.39 is 0 Å². The van der Waals surface area contributed by atoms with E-state index in [0.29, 0.717) is 25.3 Å². The van der Waals surface area contributed by atoms with Crippen LogP contribution >= 0.6 is 0 Å². The van der Waals surface area contributed by atoms with Gasteiger partial charge in [0.2, 0.25) is 0 Å². The van der Waals surface area contributed by atoms with Crippen LogP contribution in [-0.4, -0.2) is 44.0 Å². The van der Waals surface area contributed by atoms with Gasteiger partial charge < -0.3 is 19.9 Å². The third-order valence-corrected chi connectivity index (χ3v) is 3.70. The minimum atomic E-state index is -0.316. The molecule has 0 aromatic heterocycles. The molecule has 1 fully saturated rings. The standard InChI is InChI=1S/C15H17NO4/c17-8-15(9-19-10-15)7-16-14(18)12-5-11-3-1-2-4-13(11)20-6-12/h1-5,17H,6-10H2,(H,16,18). The van der Waals surface area contributed by atoms with Gasteiger partial charge in [0.1, 0.15) is 12.4 Å². The van der Waals surface area contributed by atoms with Crippen LogP contribution in [0.4, 0.5) is 0 Å². The van der Waals surface area contributed by atoms with E-state index >= 15 is 0 Å². The Bertz CT molecular complexity index is 543. The van der Waals surface area contributed by atoms with Crippen molar-refractivity contribution >= 4 is 12.0 Å². The zero-order valence-corrected chi connectivity index (χ0v) is 11.1. The normalized spacial score (nSPS) is 19.1. The van der Waals surface area contributed by atoms with Gasteiger partial charge in [-0.15, -0.1) is 0 Å². The molecule has 1 amide bonds. The molecule has 20 heavy (non-hydrogen) atoms. The van der Waals surface area contributed by atoms with E-state index in [1.807, 2.05) is 30.3 Å². The molecule has 0 spiro atoms. The van der Waals surface area contributed by atoms with Gasteiger partial charge in [0.25, 0.3) is 5.91 Å². The molecule has 0 unspecified atom stereocenters. The van der Waals surface area contributed by atoms with E-state index in [2.05, 4.69) is 5.32 Å². The summed E-state index contributed by atoms with van der Waals surface area (Å²) >= 11 is 0. The number of carbonyl (C=O) groups excluding carboxylic acids is 1. The molecule has 0 atom stereocenters. The molecule has 2 aliphatic rings. The lowest BCUT2D eigenvalue weighted by Gasteiger charge is -2.39. The smallest absolute Gasteiger partial charge is 0.250 e. The van der Waals surface area contributed by atoms with Crippen molar-refractivity contribution in [1.29, 1.82) is 0 Å². The number of fused-ring (bicyclic) bond motifs is 1. The molecule has 2 heterocycles. The maximum atomic E-state index is 12.1. The van der Waals surface area contributed by atoms with Gasteiger partial charge in [-0.2, -0.15) is 0 Å². The zero-order valence-electron chi connectivity index (χ0n) is 11.1. The fraction of sp³-hybridized carbons (Fsp3) is 0.400. The van der Waals surface area contributed by atoms with Crippen molar-refractivity contribution in [3.63, 3.8) is 0 Å². The average Bonchev–Trinajstić information content (AvgIpc) is 2.46. The van der Waals surface area contributed by atoms with Crippen LogP contribution in [0.15, 0.2) is 29.8 Å². The number of aliphatic hydroxyl groups is 1. The number of ether oxygens (including phenoxy) is 2. The Labute approximate surface area is 117 Å². The third-order valence-electron chi connectivity index (χ3n) is 3.70. The molecule has 1 aromatic rings. The fourth-order valence-electron chi connectivity index (χ4n) is 2.27. The molecule has 2 aliphatic heterocycles. The highest BCUT2D eigenvalue weighted by molar-refractivity contribution is 5.99. The summed E-state index contributed by atoms with van der Waals surface area (Å²) in [4.78, 5) is 12.1. The van der Waals surface area contributed by atoms with Gasteiger partial charge in [0.05, 0.1) is 30.8 Å². The number of rotatable bonds is 4.